The minimum absolute atomic E-state index is 0.220. The van der Waals surface area contributed by atoms with E-state index in [1.807, 2.05) is 27.7 Å². The Morgan fingerprint density at radius 2 is 1.80 bits per heavy atom. The SMILES string of the molecule is CNC(=O)c1ccc(OC(CN2CC[N+](C(=O)OC(C)(C)C)=C(C)C2)c2ccc(F)c(F)c2)cc1. The molecule has 1 unspecified atom stereocenters. The molecule has 1 atom stereocenters. The summed E-state index contributed by atoms with van der Waals surface area (Å²) in [5.74, 6) is -1.62. The van der Waals surface area contributed by atoms with Crippen LogP contribution >= 0.6 is 0 Å². The topological polar surface area (TPSA) is 70.9 Å². The zero-order valence-electron chi connectivity index (χ0n) is 20.7. The van der Waals surface area contributed by atoms with E-state index in [2.05, 4.69) is 10.2 Å². The van der Waals surface area contributed by atoms with E-state index < -0.39 is 23.3 Å². The quantitative estimate of drug-likeness (QED) is 0.618. The molecule has 0 bridgehead atoms. The fourth-order valence-electron chi connectivity index (χ4n) is 3.79. The summed E-state index contributed by atoms with van der Waals surface area (Å²) in [7, 11) is 1.55. The molecular weight excluding hydrogens is 456 g/mol. The summed E-state index contributed by atoms with van der Waals surface area (Å²) in [4.78, 5) is 26.4. The van der Waals surface area contributed by atoms with Crippen LogP contribution in [-0.4, -0.2) is 66.0 Å². The largest absolute Gasteiger partial charge is 0.596 e. The Hall–Kier alpha value is -3.33. The minimum Gasteiger partial charge on any atom is -0.484 e. The Bertz CT molecular complexity index is 1110. The average molecular weight is 489 g/mol. The van der Waals surface area contributed by atoms with Gasteiger partial charge in [-0.1, -0.05) is 6.07 Å². The fraction of sp³-hybridized carbons (Fsp3) is 0.423. The Morgan fingerprint density at radius 3 is 2.37 bits per heavy atom. The number of hydrogen-bond donors (Lipinski definition) is 1. The van der Waals surface area contributed by atoms with E-state index in [4.69, 9.17) is 9.47 Å². The summed E-state index contributed by atoms with van der Waals surface area (Å²) >= 11 is 0. The Balaban J connectivity index is 1.79. The fourth-order valence-corrected chi connectivity index (χ4v) is 3.79. The van der Waals surface area contributed by atoms with Gasteiger partial charge < -0.3 is 14.8 Å². The lowest BCUT2D eigenvalue weighted by Gasteiger charge is -2.30. The lowest BCUT2D eigenvalue weighted by molar-refractivity contribution is -0.458. The summed E-state index contributed by atoms with van der Waals surface area (Å²) in [6, 6.07) is 10.3. The first-order valence-corrected chi connectivity index (χ1v) is 11.5. The molecule has 2 aromatic carbocycles. The first-order valence-electron chi connectivity index (χ1n) is 11.5. The first kappa shape index (κ1) is 26.3. The highest BCUT2D eigenvalue weighted by Crippen LogP contribution is 2.25. The smallest absolute Gasteiger partial charge is 0.484 e. The van der Waals surface area contributed by atoms with Gasteiger partial charge in [0.25, 0.3) is 5.91 Å². The third-order valence-electron chi connectivity index (χ3n) is 5.53. The third kappa shape index (κ3) is 7.08. The molecule has 3 rings (SSSR count). The van der Waals surface area contributed by atoms with Crippen LogP contribution in [0.1, 0.15) is 49.7 Å². The molecule has 1 aliphatic heterocycles. The highest BCUT2D eigenvalue weighted by atomic mass is 19.2. The van der Waals surface area contributed by atoms with Crippen LogP contribution in [0.5, 0.6) is 5.75 Å². The van der Waals surface area contributed by atoms with Crippen molar-refractivity contribution in [3.05, 3.63) is 65.2 Å². The maximum absolute atomic E-state index is 14.0. The summed E-state index contributed by atoms with van der Waals surface area (Å²) < 4.78 is 40.9. The number of amides is 2. The second kappa shape index (κ2) is 10.9. The highest BCUT2D eigenvalue weighted by molar-refractivity contribution is 5.94. The van der Waals surface area contributed by atoms with Gasteiger partial charge in [0.1, 0.15) is 17.5 Å². The number of ether oxygens (including phenoxy) is 2. The van der Waals surface area contributed by atoms with Crippen LogP contribution in [0.3, 0.4) is 0 Å². The molecule has 0 saturated carbocycles. The van der Waals surface area contributed by atoms with E-state index >= 15 is 0 Å². The van der Waals surface area contributed by atoms with Crippen LogP contribution in [0.4, 0.5) is 13.6 Å². The van der Waals surface area contributed by atoms with Crippen LogP contribution in [-0.2, 0) is 4.74 Å². The molecule has 0 aromatic heterocycles. The van der Waals surface area contributed by atoms with Crippen molar-refractivity contribution in [2.75, 3.05) is 33.2 Å². The molecule has 1 heterocycles. The van der Waals surface area contributed by atoms with Gasteiger partial charge >= 0.3 is 6.09 Å². The summed E-state index contributed by atoms with van der Waals surface area (Å²) in [6.45, 7) is 9.17. The van der Waals surface area contributed by atoms with Crippen molar-refractivity contribution in [3.63, 3.8) is 0 Å². The molecule has 0 spiro atoms. The molecule has 1 N–H and O–H groups in total. The van der Waals surface area contributed by atoms with Crippen LogP contribution in [0.25, 0.3) is 0 Å². The number of benzene rings is 2. The number of rotatable bonds is 6. The maximum atomic E-state index is 14.0. The minimum atomic E-state index is -0.955. The third-order valence-corrected chi connectivity index (χ3v) is 5.53. The van der Waals surface area contributed by atoms with Crippen molar-refractivity contribution in [1.29, 1.82) is 0 Å². The predicted octanol–water partition coefficient (Wildman–Crippen LogP) is 4.17. The Morgan fingerprint density at radius 1 is 1.11 bits per heavy atom. The molecule has 188 valence electrons. The van der Waals surface area contributed by atoms with Crippen molar-refractivity contribution in [2.45, 2.75) is 39.4 Å². The molecule has 1 aliphatic rings. The number of nitrogens with zero attached hydrogens (tertiary/aromatic N) is 2. The molecule has 9 heteroatoms. The van der Waals surface area contributed by atoms with Crippen molar-refractivity contribution < 1.29 is 32.4 Å². The van der Waals surface area contributed by atoms with E-state index in [1.54, 1.807) is 35.9 Å². The summed E-state index contributed by atoms with van der Waals surface area (Å²) in [5, 5.41) is 2.56. The molecule has 2 aromatic rings. The van der Waals surface area contributed by atoms with Crippen molar-refractivity contribution >= 4 is 17.7 Å². The number of halogens is 2. The van der Waals surface area contributed by atoms with E-state index in [0.717, 1.165) is 17.8 Å². The van der Waals surface area contributed by atoms with Gasteiger partial charge in [-0.15, -0.1) is 4.58 Å². The maximum Gasteiger partial charge on any atom is 0.596 e. The van der Waals surface area contributed by atoms with E-state index in [1.165, 1.54) is 6.07 Å². The van der Waals surface area contributed by atoms with Crippen LogP contribution < -0.4 is 10.1 Å². The zero-order chi connectivity index (χ0) is 25.8. The zero-order valence-corrected chi connectivity index (χ0v) is 20.7. The number of carbonyl (C=O) groups is 2. The normalized spacial score (nSPS) is 15.5. The molecule has 0 saturated heterocycles. The van der Waals surface area contributed by atoms with E-state index in [9.17, 15) is 18.4 Å². The van der Waals surface area contributed by atoms with Gasteiger partial charge in [0.2, 0.25) is 0 Å². The molecule has 7 nitrogen and oxygen atoms in total. The summed E-state index contributed by atoms with van der Waals surface area (Å²) in [5.41, 5.74) is 1.19. The second-order valence-electron chi connectivity index (χ2n) is 9.49. The van der Waals surface area contributed by atoms with E-state index in [-0.39, 0.29) is 12.0 Å². The monoisotopic (exact) mass is 488 g/mol. The van der Waals surface area contributed by atoms with Crippen molar-refractivity contribution in [3.8, 4) is 5.75 Å². The van der Waals surface area contributed by atoms with Gasteiger partial charge in [-0.05, 0) is 62.7 Å². The van der Waals surface area contributed by atoms with Crippen molar-refractivity contribution in [1.82, 2.24) is 10.2 Å². The van der Waals surface area contributed by atoms with Crippen LogP contribution in [0.2, 0.25) is 0 Å². The molecule has 0 fully saturated rings. The van der Waals surface area contributed by atoms with Crippen LogP contribution in [0.15, 0.2) is 42.5 Å². The van der Waals surface area contributed by atoms with Gasteiger partial charge in [0, 0.05) is 26.1 Å². The number of hydrogen-bond acceptors (Lipinski definition) is 5. The molecule has 0 aliphatic carbocycles. The van der Waals surface area contributed by atoms with Gasteiger partial charge in [0.15, 0.2) is 23.9 Å². The van der Waals surface area contributed by atoms with Gasteiger partial charge in [-0.2, -0.15) is 4.79 Å². The Labute approximate surface area is 204 Å². The Kier molecular flexibility index (Phi) is 8.22. The van der Waals surface area contributed by atoms with Crippen molar-refractivity contribution in [2.24, 2.45) is 0 Å². The summed E-state index contributed by atoms with van der Waals surface area (Å²) in [6.07, 6.45) is -1.00. The van der Waals surface area contributed by atoms with Gasteiger partial charge in [0.05, 0.1) is 13.1 Å². The number of nitrogens with one attached hydrogen (secondary N) is 1. The predicted molar refractivity (Wildman–Crippen MR) is 128 cm³/mol. The standard InChI is InChI=1S/C26H31F2N3O4/c1-17-15-30(12-13-31(17)25(33)35-26(2,3)4)16-23(19-8-11-21(27)22(28)14-19)34-20-9-6-18(7-10-20)24(32)29-5/h6-11,14,23H,12-13,15-16H2,1-5H3/p+1. The second-order valence-corrected chi connectivity index (χ2v) is 9.49. The lowest BCUT2D eigenvalue weighted by atomic mass is 10.1. The molecular formula is C26H32F2N3O4+. The van der Waals surface area contributed by atoms with Gasteiger partial charge in [-0.25, -0.2) is 8.78 Å². The van der Waals surface area contributed by atoms with E-state index in [0.29, 0.717) is 43.1 Å². The van der Waals surface area contributed by atoms with Crippen LogP contribution in [0, 0.1) is 11.6 Å². The average Bonchev–Trinajstić information content (AvgIpc) is 2.79. The molecule has 2 amide bonds. The lowest BCUT2D eigenvalue weighted by Crippen LogP contribution is -2.48. The number of carbonyl (C=O) groups excluding carboxylic acids is 2. The highest BCUT2D eigenvalue weighted by Gasteiger charge is 2.33. The molecule has 35 heavy (non-hydrogen) atoms. The first-order chi connectivity index (χ1) is 16.5. The van der Waals surface area contributed by atoms with Gasteiger partial charge in [-0.3, -0.25) is 9.69 Å². The molecule has 0 radical (unpaired) electrons.